The van der Waals surface area contributed by atoms with Crippen molar-refractivity contribution in [2.45, 2.75) is 104 Å². The van der Waals surface area contributed by atoms with Crippen molar-refractivity contribution in [3.8, 4) is 0 Å². The van der Waals surface area contributed by atoms with Crippen molar-refractivity contribution in [1.82, 2.24) is 0 Å². The van der Waals surface area contributed by atoms with Crippen LogP contribution in [0.25, 0.3) is 0 Å². The molecule has 4 saturated carbocycles. The summed E-state index contributed by atoms with van der Waals surface area (Å²) in [6.07, 6.45) is 16.0. The van der Waals surface area contributed by atoms with Gasteiger partial charge in [-0.15, -0.1) is 12.4 Å². The first-order chi connectivity index (χ1) is 28.5. The van der Waals surface area contributed by atoms with E-state index in [1.807, 2.05) is 30.3 Å². The van der Waals surface area contributed by atoms with E-state index in [4.69, 9.17) is 10.8 Å². The largest absolute Gasteiger partial charge is 0.481 e. The molecule has 0 unspecified atom stereocenters. The fourth-order valence-corrected chi connectivity index (χ4v) is 9.71. The molecule has 0 heterocycles. The van der Waals surface area contributed by atoms with E-state index < -0.39 is 5.97 Å². The van der Waals surface area contributed by atoms with Crippen LogP contribution >= 0.6 is 12.4 Å². The maximum Gasteiger partial charge on any atom is 0.303 e. The second-order valence-corrected chi connectivity index (χ2v) is 18.0. The second-order valence-electron chi connectivity index (χ2n) is 18.0. The van der Waals surface area contributed by atoms with E-state index in [0.29, 0.717) is 30.1 Å². The van der Waals surface area contributed by atoms with Gasteiger partial charge in [-0.1, -0.05) is 140 Å². The fraction of sp³-hybridized carbons (Fsp3) is 0.462. The Balaban J connectivity index is 0.000000177. The molecule has 8 heteroatoms. The van der Waals surface area contributed by atoms with Crippen LogP contribution in [0.3, 0.4) is 0 Å². The number of nitro groups is 1. The number of hydrogen-bond donors (Lipinski definition) is 2. The van der Waals surface area contributed by atoms with Gasteiger partial charge in [0.25, 0.3) is 0 Å². The van der Waals surface area contributed by atoms with E-state index in [9.17, 15) is 19.7 Å². The van der Waals surface area contributed by atoms with Crippen LogP contribution in [0.2, 0.25) is 0 Å². The number of ketones is 1. The highest BCUT2D eigenvalue weighted by atomic mass is 35.5. The molecule has 7 nitrogen and oxygen atoms in total. The fourth-order valence-electron chi connectivity index (χ4n) is 9.71. The smallest absolute Gasteiger partial charge is 0.303 e. The number of benzene rings is 4. The number of halogens is 1. The van der Waals surface area contributed by atoms with Crippen molar-refractivity contribution < 1.29 is 19.6 Å². The Hall–Kier alpha value is -4.59. The number of rotatable bonds is 14. The Labute approximate surface area is 364 Å². The van der Waals surface area contributed by atoms with E-state index in [-0.39, 0.29) is 41.1 Å². The molecule has 0 atom stereocenters. The lowest BCUT2D eigenvalue weighted by Crippen LogP contribution is -2.45. The molecule has 8 rings (SSSR count). The van der Waals surface area contributed by atoms with E-state index in [1.54, 1.807) is 5.57 Å². The highest BCUT2D eigenvalue weighted by Gasteiger charge is 2.46. The van der Waals surface area contributed by atoms with Crippen LogP contribution in [0.15, 0.2) is 133 Å². The zero-order valence-electron chi connectivity index (χ0n) is 35.8. The molecule has 0 aliphatic heterocycles. The minimum Gasteiger partial charge on any atom is -0.481 e. The van der Waals surface area contributed by atoms with Gasteiger partial charge in [0.2, 0.25) is 6.54 Å². The molecule has 0 spiro atoms. The molecule has 0 aromatic heterocycles. The number of hydrogen-bond acceptors (Lipinski definition) is 5. The molecule has 4 aliphatic carbocycles. The van der Waals surface area contributed by atoms with Gasteiger partial charge in [-0.25, -0.2) is 0 Å². The van der Waals surface area contributed by atoms with Gasteiger partial charge in [0.15, 0.2) is 0 Å². The molecule has 0 amide bonds. The number of aliphatic carboxylic acids is 1. The monoisotopic (exact) mass is 834 g/mol. The summed E-state index contributed by atoms with van der Waals surface area (Å²) in [5, 5.41) is 19.5. The third kappa shape index (κ3) is 15.5. The Morgan fingerprint density at radius 1 is 0.667 bits per heavy atom. The van der Waals surface area contributed by atoms with Crippen LogP contribution in [-0.2, 0) is 35.3 Å². The van der Waals surface area contributed by atoms with Gasteiger partial charge in [-0.2, -0.15) is 0 Å². The van der Waals surface area contributed by atoms with Gasteiger partial charge < -0.3 is 10.8 Å². The average Bonchev–Trinajstić information content (AvgIpc) is 3.18. The summed E-state index contributed by atoms with van der Waals surface area (Å²) in [4.78, 5) is 32.0. The first-order valence-electron chi connectivity index (χ1n) is 21.8. The number of allylic oxidation sites excluding steroid dienone is 2. The van der Waals surface area contributed by atoms with E-state index in [1.165, 1.54) is 41.5 Å². The van der Waals surface area contributed by atoms with Crippen molar-refractivity contribution in [2.75, 3.05) is 13.1 Å². The third-order valence-corrected chi connectivity index (χ3v) is 13.1. The van der Waals surface area contributed by atoms with Gasteiger partial charge in [0.05, 0.1) is 6.42 Å². The number of carboxylic acids is 1. The Morgan fingerprint density at radius 3 is 1.32 bits per heavy atom. The van der Waals surface area contributed by atoms with Crippen LogP contribution < -0.4 is 5.73 Å². The molecular weight excluding hydrogens is 768 g/mol. The lowest BCUT2D eigenvalue weighted by molar-refractivity contribution is -0.503. The van der Waals surface area contributed by atoms with Crippen molar-refractivity contribution in [3.63, 3.8) is 0 Å². The maximum atomic E-state index is 10.8. The second kappa shape index (κ2) is 24.0. The highest BCUT2D eigenvalue weighted by molar-refractivity contribution is 5.85. The molecule has 322 valence electrons. The Kier molecular flexibility index (Phi) is 19.2. The molecule has 60 heavy (non-hydrogen) atoms. The highest BCUT2D eigenvalue weighted by Crippen LogP contribution is 2.50. The summed E-state index contributed by atoms with van der Waals surface area (Å²) in [6.45, 7) is 4.86. The summed E-state index contributed by atoms with van der Waals surface area (Å²) < 4.78 is 0. The van der Waals surface area contributed by atoms with Gasteiger partial charge in [0.1, 0.15) is 5.78 Å². The molecule has 4 fully saturated rings. The summed E-state index contributed by atoms with van der Waals surface area (Å²) >= 11 is 0. The van der Waals surface area contributed by atoms with Crippen LogP contribution in [0.5, 0.6) is 0 Å². The van der Waals surface area contributed by atoms with Gasteiger partial charge in [0, 0.05) is 23.2 Å². The molecule has 0 saturated heterocycles. The van der Waals surface area contributed by atoms with Gasteiger partial charge in [-0.3, -0.25) is 19.7 Å². The Morgan fingerprint density at radius 2 is 1.02 bits per heavy atom. The summed E-state index contributed by atoms with van der Waals surface area (Å²) in [6, 6.07) is 41.9. The Bertz CT molecular complexity index is 1820. The van der Waals surface area contributed by atoms with E-state index in [0.717, 1.165) is 70.1 Å². The van der Waals surface area contributed by atoms with Crippen molar-refractivity contribution in [2.24, 2.45) is 40.2 Å². The number of Topliss-reactive ketones (excluding diaryl/α,β-unsaturated/α-hetero) is 1. The number of carbonyl (C=O) groups excluding carboxylic acids is 1. The predicted molar refractivity (Wildman–Crippen MR) is 246 cm³/mol. The number of carbonyl (C=O) groups is 2. The summed E-state index contributed by atoms with van der Waals surface area (Å²) in [5.74, 6) is 2.47. The zero-order chi connectivity index (χ0) is 42.1. The van der Waals surface area contributed by atoms with Crippen molar-refractivity contribution >= 4 is 24.2 Å². The molecule has 4 aliphatic rings. The number of carboxylic acid groups (broad SMARTS) is 1. The lowest BCUT2D eigenvalue weighted by Gasteiger charge is -2.46. The predicted octanol–water partition coefficient (Wildman–Crippen LogP) is 11.6. The van der Waals surface area contributed by atoms with Crippen LogP contribution in [0.1, 0.15) is 100 Å². The summed E-state index contributed by atoms with van der Waals surface area (Å²) in [5.41, 5.74) is 12.7. The lowest BCUT2D eigenvalue weighted by atomic mass is 9.59. The van der Waals surface area contributed by atoms with Gasteiger partial charge in [-0.05, 0) is 135 Å². The maximum absolute atomic E-state index is 10.8. The van der Waals surface area contributed by atoms with E-state index >= 15 is 0 Å². The van der Waals surface area contributed by atoms with Crippen LogP contribution in [0.4, 0.5) is 0 Å². The molecule has 0 radical (unpaired) electrons. The average molecular weight is 836 g/mol. The topological polar surface area (TPSA) is 124 Å². The standard InChI is InChI=1S/2C14H19NO2.C13H16.C11H12O.ClH/c1-2-14(11-15(16)17)9-13(10-14)8-12-6-4-3-5-7-12;15-10-14(9-13(16)17)7-12(8-14)6-11-4-2-1-3-5-11;1-2-11-8-13(9-11)10-12-6-4-3-5-7-12;12-11-7-10(8-11)6-9-4-2-1-3-5-9;/h3-7,13H,2,8-11H2,1H3;1-5,12H,6-10,15H2,(H,16,17);2-7,13H,8-10H2,1H3;1-5,10H,6-8H2;1H. The van der Waals surface area contributed by atoms with Crippen molar-refractivity contribution in [3.05, 3.63) is 165 Å². The quantitative estimate of drug-likeness (QED) is 0.0741. The van der Waals surface area contributed by atoms with Gasteiger partial charge >= 0.3 is 5.97 Å². The SMILES string of the molecule is CC=C1CC(Cc2ccccc2)C1.CCC1(C[N+](=O)[O-])CC(Cc2ccccc2)C1.Cl.NCC1(CC(=O)O)CC(Cc2ccccc2)C1.O=C1CC(Cc2ccccc2)C1. The third-order valence-electron chi connectivity index (χ3n) is 13.1. The molecular formula is C52H67ClN2O5. The number of nitrogens with two attached hydrogens (primary N) is 1. The molecule has 0 bridgehead atoms. The van der Waals surface area contributed by atoms with Crippen LogP contribution in [0, 0.1) is 44.6 Å². The molecule has 4 aromatic carbocycles. The van der Waals surface area contributed by atoms with E-state index in [2.05, 4.69) is 111 Å². The first kappa shape index (κ1) is 48.1. The molecule has 4 aromatic rings. The minimum absolute atomic E-state index is 0. The van der Waals surface area contributed by atoms with Crippen LogP contribution in [-0.4, -0.2) is 34.9 Å². The van der Waals surface area contributed by atoms with Crippen molar-refractivity contribution in [1.29, 1.82) is 0 Å². The summed E-state index contributed by atoms with van der Waals surface area (Å²) in [7, 11) is 0. The first-order valence-corrected chi connectivity index (χ1v) is 21.8. The molecule has 3 N–H and O–H groups in total. The normalized spacial score (nSPS) is 23.6. The zero-order valence-corrected chi connectivity index (χ0v) is 36.6. The number of nitrogens with zero attached hydrogens (tertiary/aromatic N) is 1. The minimum atomic E-state index is -0.728.